The second kappa shape index (κ2) is 5.52. The van der Waals surface area contributed by atoms with Crippen molar-refractivity contribution >= 4 is 17.7 Å². The van der Waals surface area contributed by atoms with Gasteiger partial charge in [-0.2, -0.15) is 0 Å². The molecule has 0 fully saturated rings. The number of anilines is 1. The Morgan fingerprint density at radius 3 is 2.85 bits per heavy atom. The van der Waals surface area contributed by atoms with Gasteiger partial charge in [0.2, 0.25) is 0 Å². The fourth-order valence-electron chi connectivity index (χ4n) is 1.80. The predicted molar refractivity (Wildman–Crippen MR) is 69.8 cm³/mol. The summed E-state index contributed by atoms with van der Waals surface area (Å²) in [5, 5.41) is 15.3. The smallest absolute Gasteiger partial charge is 0.339 e. The highest BCUT2D eigenvalue weighted by Gasteiger charge is 2.21. The summed E-state index contributed by atoms with van der Waals surface area (Å²) in [6.45, 7) is 3.47. The van der Waals surface area contributed by atoms with Crippen LogP contribution in [-0.4, -0.2) is 27.1 Å². The molecular formula is C13H13N3O4. The Kier molecular flexibility index (Phi) is 3.79. The van der Waals surface area contributed by atoms with Gasteiger partial charge in [-0.15, -0.1) is 0 Å². The number of aromatic nitrogens is 2. The van der Waals surface area contributed by atoms with Crippen LogP contribution >= 0.6 is 0 Å². The Hall–Kier alpha value is -2.70. The normalized spacial score (nSPS) is 10.3. The van der Waals surface area contributed by atoms with Crippen LogP contribution in [0.1, 0.15) is 39.1 Å². The molecule has 0 aliphatic heterocycles. The molecule has 1 amide bonds. The molecule has 104 valence electrons. The number of carboxylic acids is 1. The molecule has 7 heteroatoms. The summed E-state index contributed by atoms with van der Waals surface area (Å²) in [5.74, 6) is -1.27. The minimum atomic E-state index is -1.16. The van der Waals surface area contributed by atoms with Gasteiger partial charge in [0, 0.05) is 6.20 Å². The van der Waals surface area contributed by atoms with E-state index in [1.54, 1.807) is 6.92 Å². The number of rotatable bonds is 4. The minimum Gasteiger partial charge on any atom is -0.478 e. The quantitative estimate of drug-likeness (QED) is 0.882. The number of carbonyl (C=O) groups is 2. The zero-order valence-electron chi connectivity index (χ0n) is 11.0. The van der Waals surface area contributed by atoms with Crippen LogP contribution in [0.15, 0.2) is 22.9 Å². The standard InChI is InChI=1S/C13H13N3O4/c1-3-9-10(7(2)20-16-9)12(17)15-11-8(13(18)19)5-4-6-14-11/h4-6H,3H2,1-2H3,(H,18,19)(H,14,15,17). The minimum absolute atomic E-state index is 0.00680. The molecule has 2 rings (SSSR count). The van der Waals surface area contributed by atoms with Crippen LogP contribution in [0.25, 0.3) is 0 Å². The monoisotopic (exact) mass is 275 g/mol. The molecule has 0 radical (unpaired) electrons. The Balaban J connectivity index is 2.33. The maximum absolute atomic E-state index is 12.2. The number of pyridine rings is 1. The van der Waals surface area contributed by atoms with Crippen LogP contribution < -0.4 is 5.32 Å². The van der Waals surface area contributed by atoms with Gasteiger partial charge in [0.25, 0.3) is 5.91 Å². The number of aromatic carboxylic acids is 1. The van der Waals surface area contributed by atoms with Crippen molar-refractivity contribution in [3.8, 4) is 0 Å². The van der Waals surface area contributed by atoms with Crippen LogP contribution in [0.2, 0.25) is 0 Å². The summed E-state index contributed by atoms with van der Waals surface area (Å²) < 4.78 is 4.98. The summed E-state index contributed by atoms with van der Waals surface area (Å²) in [5.41, 5.74) is 0.760. The van der Waals surface area contributed by atoms with E-state index in [2.05, 4.69) is 15.5 Å². The van der Waals surface area contributed by atoms with E-state index in [4.69, 9.17) is 9.63 Å². The van der Waals surface area contributed by atoms with E-state index in [1.807, 2.05) is 6.92 Å². The van der Waals surface area contributed by atoms with Crippen LogP contribution in [0, 0.1) is 6.92 Å². The summed E-state index contributed by atoms with van der Waals surface area (Å²) in [6.07, 6.45) is 1.94. The van der Waals surface area contributed by atoms with Crippen molar-refractivity contribution in [2.75, 3.05) is 5.32 Å². The number of aryl methyl sites for hydroxylation is 2. The molecule has 0 saturated carbocycles. The van der Waals surface area contributed by atoms with Crippen molar-refractivity contribution in [1.29, 1.82) is 0 Å². The fraction of sp³-hybridized carbons (Fsp3) is 0.231. The van der Waals surface area contributed by atoms with Crippen molar-refractivity contribution in [2.45, 2.75) is 20.3 Å². The van der Waals surface area contributed by atoms with Gasteiger partial charge in [-0.05, 0) is 25.5 Å². The van der Waals surface area contributed by atoms with Crippen molar-refractivity contribution in [1.82, 2.24) is 10.1 Å². The molecule has 0 aliphatic carbocycles. The average molecular weight is 275 g/mol. The van der Waals surface area contributed by atoms with E-state index in [9.17, 15) is 9.59 Å². The van der Waals surface area contributed by atoms with Crippen LogP contribution in [0.5, 0.6) is 0 Å². The number of nitrogens with zero attached hydrogens (tertiary/aromatic N) is 2. The number of carbonyl (C=O) groups excluding carboxylic acids is 1. The third-order valence-electron chi connectivity index (χ3n) is 2.77. The lowest BCUT2D eigenvalue weighted by molar-refractivity contribution is 0.0697. The first-order valence-electron chi connectivity index (χ1n) is 5.99. The van der Waals surface area contributed by atoms with Gasteiger partial charge in [0.1, 0.15) is 22.7 Å². The van der Waals surface area contributed by atoms with Crippen LogP contribution in [0.3, 0.4) is 0 Å². The van der Waals surface area contributed by atoms with E-state index >= 15 is 0 Å². The Labute approximate surface area is 114 Å². The Morgan fingerprint density at radius 1 is 1.45 bits per heavy atom. The molecule has 0 bridgehead atoms. The maximum Gasteiger partial charge on any atom is 0.339 e. The fourth-order valence-corrected chi connectivity index (χ4v) is 1.80. The largest absolute Gasteiger partial charge is 0.478 e. The molecule has 0 saturated heterocycles. The lowest BCUT2D eigenvalue weighted by Gasteiger charge is -2.06. The number of hydrogen-bond donors (Lipinski definition) is 2. The van der Waals surface area contributed by atoms with E-state index < -0.39 is 11.9 Å². The van der Waals surface area contributed by atoms with Gasteiger partial charge in [-0.25, -0.2) is 9.78 Å². The molecule has 0 spiro atoms. The molecule has 0 aromatic carbocycles. The van der Waals surface area contributed by atoms with Gasteiger partial charge in [0.15, 0.2) is 0 Å². The molecule has 2 aromatic rings. The predicted octanol–water partition coefficient (Wildman–Crippen LogP) is 1.89. The van der Waals surface area contributed by atoms with Gasteiger partial charge in [0.05, 0.1) is 5.69 Å². The van der Waals surface area contributed by atoms with E-state index in [0.717, 1.165) is 0 Å². The van der Waals surface area contributed by atoms with Crippen molar-refractivity contribution in [2.24, 2.45) is 0 Å². The van der Waals surface area contributed by atoms with E-state index in [0.29, 0.717) is 23.4 Å². The zero-order chi connectivity index (χ0) is 14.7. The van der Waals surface area contributed by atoms with Crippen LogP contribution in [-0.2, 0) is 6.42 Å². The molecule has 7 nitrogen and oxygen atoms in total. The van der Waals surface area contributed by atoms with Crippen molar-refractivity contribution < 1.29 is 19.2 Å². The average Bonchev–Trinajstić information content (AvgIpc) is 2.80. The highest BCUT2D eigenvalue weighted by molar-refractivity contribution is 6.07. The molecule has 0 atom stereocenters. The Bertz CT molecular complexity index is 663. The summed E-state index contributed by atoms with van der Waals surface area (Å²) in [4.78, 5) is 27.1. The number of nitrogens with one attached hydrogen (secondary N) is 1. The van der Waals surface area contributed by atoms with Crippen LogP contribution in [0.4, 0.5) is 5.82 Å². The first kappa shape index (κ1) is 13.7. The lowest BCUT2D eigenvalue weighted by Crippen LogP contribution is -2.17. The number of hydrogen-bond acceptors (Lipinski definition) is 5. The second-order valence-corrected chi connectivity index (χ2v) is 4.07. The topological polar surface area (TPSA) is 105 Å². The van der Waals surface area contributed by atoms with Gasteiger partial charge >= 0.3 is 5.97 Å². The van der Waals surface area contributed by atoms with Gasteiger partial charge in [-0.1, -0.05) is 12.1 Å². The highest BCUT2D eigenvalue weighted by Crippen LogP contribution is 2.17. The third-order valence-corrected chi connectivity index (χ3v) is 2.77. The molecule has 2 N–H and O–H groups in total. The molecule has 2 aromatic heterocycles. The van der Waals surface area contributed by atoms with Crippen molar-refractivity contribution in [3.05, 3.63) is 40.9 Å². The number of amides is 1. The summed E-state index contributed by atoms with van der Waals surface area (Å²) in [7, 11) is 0. The van der Waals surface area contributed by atoms with Gasteiger partial charge < -0.3 is 14.9 Å². The second-order valence-electron chi connectivity index (χ2n) is 4.07. The SMILES string of the molecule is CCc1noc(C)c1C(=O)Nc1ncccc1C(=O)O. The summed E-state index contributed by atoms with van der Waals surface area (Å²) >= 11 is 0. The molecule has 2 heterocycles. The molecule has 20 heavy (non-hydrogen) atoms. The van der Waals surface area contributed by atoms with E-state index in [1.165, 1.54) is 18.3 Å². The zero-order valence-corrected chi connectivity index (χ0v) is 11.0. The lowest BCUT2D eigenvalue weighted by atomic mass is 10.1. The van der Waals surface area contributed by atoms with Gasteiger partial charge in [-0.3, -0.25) is 4.79 Å². The third kappa shape index (κ3) is 2.51. The Morgan fingerprint density at radius 2 is 2.20 bits per heavy atom. The maximum atomic E-state index is 12.2. The van der Waals surface area contributed by atoms with Crippen molar-refractivity contribution in [3.63, 3.8) is 0 Å². The van der Waals surface area contributed by atoms with E-state index in [-0.39, 0.29) is 11.4 Å². The highest BCUT2D eigenvalue weighted by atomic mass is 16.5. The molecular weight excluding hydrogens is 262 g/mol. The molecule has 0 unspecified atom stereocenters. The number of carboxylic acid groups (broad SMARTS) is 1. The summed E-state index contributed by atoms with van der Waals surface area (Å²) in [6, 6.07) is 2.85. The molecule has 0 aliphatic rings. The first-order valence-corrected chi connectivity index (χ1v) is 5.99. The first-order chi connectivity index (χ1) is 9.54.